The summed E-state index contributed by atoms with van der Waals surface area (Å²) in [6.45, 7) is 7.27. The number of anilines is 1. The highest BCUT2D eigenvalue weighted by Gasteiger charge is 2.16. The zero-order chi connectivity index (χ0) is 25.6. The summed E-state index contributed by atoms with van der Waals surface area (Å²) in [5, 5.41) is 16.2. The largest absolute Gasteiger partial charge is 0.434 e. The molecule has 0 aromatic carbocycles. The van der Waals surface area contributed by atoms with E-state index in [9.17, 15) is 9.59 Å². The second kappa shape index (κ2) is 11.1. The Kier molecular flexibility index (Phi) is 7.33. The first-order valence-corrected chi connectivity index (χ1v) is 12.0. The van der Waals surface area contributed by atoms with Crippen LogP contribution in [0.25, 0.3) is 33.7 Å². The van der Waals surface area contributed by atoms with Crippen LogP contribution in [0.3, 0.4) is 0 Å². The van der Waals surface area contributed by atoms with Gasteiger partial charge in [-0.1, -0.05) is 0 Å². The summed E-state index contributed by atoms with van der Waals surface area (Å²) in [6.07, 6.45) is 8.68. The van der Waals surface area contributed by atoms with Crippen LogP contribution in [0, 0.1) is 0 Å². The smallest absolute Gasteiger partial charge is 0.388 e. The molecule has 0 atom stereocenters. The van der Waals surface area contributed by atoms with Crippen LogP contribution in [-0.4, -0.2) is 80.3 Å². The maximum atomic E-state index is 12.1. The monoisotopic (exact) mass is 505 g/mol. The van der Waals surface area contributed by atoms with Gasteiger partial charge < -0.3 is 14.5 Å². The number of carbonyl (C=O) groups is 1. The highest BCUT2D eigenvalue weighted by atomic mass is 16.5. The molecule has 1 aliphatic rings. The summed E-state index contributed by atoms with van der Waals surface area (Å²) < 4.78 is 12.4. The van der Waals surface area contributed by atoms with E-state index in [1.165, 1.54) is 0 Å². The van der Waals surface area contributed by atoms with E-state index in [0.717, 1.165) is 61.6 Å². The van der Waals surface area contributed by atoms with Crippen LogP contribution in [0.1, 0.15) is 6.92 Å². The van der Waals surface area contributed by atoms with E-state index in [-0.39, 0.29) is 11.9 Å². The van der Waals surface area contributed by atoms with Crippen molar-refractivity contribution in [1.29, 1.82) is 0 Å². The minimum atomic E-state index is -0.645. The fraction of sp³-hybridized carbons (Fsp3) is 0.333. The lowest BCUT2D eigenvalue weighted by Gasteiger charge is -2.26. The van der Waals surface area contributed by atoms with E-state index in [0.29, 0.717) is 17.9 Å². The summed E-state index contributed by atoms with van der Waals surface area (Å²) in [6, 6.07) is 3.27. The molecule has 1 fully saturated rings. The maximum Gasteiger partial charge on any atom is 0.434 e. The van der Waals surface area contributed by atoms with E-state index < -0.39 is 5.76 Å². The maximum absolute atomic E-state index is 12.1. The molecule has 4 aromatic heterocycles. The van der Waals surface area contributed by atoms with Crippen molar-refractivity contribution in [2.45, 2.75) is 13.5 Å². The number of carbonyl (C=O) groups excluding carboxylic acids is 1. The number of ether oxygens (including phenoxy) is 1. The Labute approximate surface area is 211 Å². The van der Waals surface area contributed by atoms with Gasteiger partial charge in [0.2, 0.25) is 0 Å². The highest BCUT2D eigenvalue weighted by molar-refractivity contribution is 5.91. The van der Waals surface area contributed by atoms with E-state index in [1.807, 2.05) is 23.9 Å². The van der Waals surface area contributed by atoms with Crippen LogP contribution in [0.2, 0.25) is 0 Å². The van der Waals surface area contributed by atoms with Crippen molar-refractivity contribution in [1.82, 2.24) is 40.2 Å². The first-order chi connectivity index (χ1) is 18.1. The third-order valence-corrected chi connectivity index (χ3v) is 5.91. The lowest BCUT2D eigenvalue weighted by Crippen LogP contribution is -2.38. The zero-order valence-corrected chi connectivity index (χ0v) is 20.3. The molecule has 5 rings (SSSR count). The van der Waals surface area contributed by atoms with Gasteiger partial charge in [-0.05, 0) is 24.6 Å². The van der Waals surface area contributed by atoms with Crippen LogP contribution >= 0.6 is 0 Å². The van der Waals surface area contributed by atoms with Gasteiger partial charge >= 0.3 is 11.8 Å². The molecule has 2 amide bonds. The number of nitrogens with zero attached hydrogens (tertiary/aromatic N) is 6. The molecule has 5 heterocycles. The lowest BCUT2D eigenvalue weighted by molar-refractivity contribution is 0.0360. The predicted octanol–water partition coefficient (Wildman–Crippen LogP) is 1.82. The quantitative estimate of drug-likeness (QED) is 0.325. The average molecular weight is 506 g/mol. The number of pyridine rings is 2. The molecule has 37 heavy (non-hydrogen) atoms. The molecule has 0 unspecified atom stereocenters. The van der Waals surface area contributed by atoms with Crippen molar-refractivity contribution in [2.24, 2.45) is 0 Å². The molecule has 0 radical (unpaired) electrons. The normalized spacial score (nSPS) is 14.0. The highest BCUT2D eigenvalue weighted by Crippen LogP contribution is 2.34. The van der Waals surface area contributed by atoms with E-state index in [4.69, 9.17) is 9.15 Å². The summed E-state index contributed by atoms with van der Waals surface area (Å²) in [7, 11) is 0. The molecule has 3 N–H and O–H groups in total. The third-order valence-electron chi connectivity index (χ3n) is 5.91. The van der Waals surface area contributed by atoms with Crippen molar-refractivity contribution in [3.63, 3.8) is 0 Å². The fourth-order valence-electron chi connectivity index (χ4n) is 4.06. The van der Waals surface area contributed by atoms with Gasteiger partial charge in [0, 0.05) is 67.7 Å². The van der Waals surface area contributed by atoms with Gasteiger partial charge in [-0.25, -0.2) is 19.7 Å². The number of hydrogen-bond donors (Lipinski definition) is 3. The predicted molar refractivity (Wildman–Crippen MR) is 135 cm³/mol. The van der Waals surface area contributed by atoms with Gasteiger partial charge in [-0.2, -0.15) is 5.10 Å². The Morgan fingerprint density at radius 3 is 2.68 bits per heavy atom. The van der Waals surface area contributed by atoms with Gasteiger partial charge in [0.1, 0.15) is 5.82 Å². The van der Waals surface area contributed by atoms with Gasteiger partial charge in [0.05, 0.1) is 31.5 Å². The standard InChI is InChI=1S/C24H27N9O4/c1-2-26-23(34)29-21-10-19(18-13-28-33(15-18)4-3-32-5-7-36-8-6-32)20(14-27-21)16-9-17(12-25-11-16)22-30-31-24(35)37-22/h9-15H,2-8H2,1H3,(H,31,35)(H2,26,27,29,34). The fourth-order valence-corrected chi connectivity index (χ4v) is 4.06. The molecule has 13 heteroatoms. The minimum Gasteiger partial charge on any atom is -0.388 e. The van der Waals surface area contributed by atoms with Crippen LogP contribution < -0.4 is 16.4 Å². The minimum absolute atomic E-state index is 0.138. The van der Waals surface area contributed by atoms with Gasteiger partial charge in [0.15, 0.2) is 0 Å². The van der Waals surface area contributed by atoms with Crippen molar-refractivity contribution >= 4 is 11.8 Å². The number of aromatic amines is 1. The topological polar surface area (TPSA) is 156 Å². The molecular formula is C24H27N9O4. The first-order valence-electron chi connectivity index (χ1n) is 12.0. The molecular weight excluding hydrogens is 478 g/mol. The summed E-state index contributed by atoms with van der Waals surface area (Å²) >= 11 is 0. The molecule has 0 spiro atoms. The number of H-pyrrole nitrogens is 1. The molecule has 192 valence electrons. The summed E-state index contributed by atoms with van der Waals surface area (Å²) in [5.74, 6) is -0.111. The Morgan fingerprint density at radius 2 is 1.89 bits per heavy atom. The molecule has 0 bridgehead atoms. The molecule has 0 aliphatic carbocycles. The number of aromatic nitrogens is 6. The lowest BCUT2D eigenvalue weighted by atomic mass is 9.98. The summed E-state index contributed by atoms with van der Waals surface area (Å²) in [5.41, 5.74) is 3.70. The Balaban J connectivity index is 1.47. The number of morpholine rings is 1. The van der Waals surface area contributed by atoms with Crippen molar-refractivity contribution in [2.75, 3.05) is 44.7 Å². The van der Waals surface area contributed by atoms with E-state index in [1.54, 1.807) is 30.9 Å². The van der Waals surface area contributed by atoms with Crippen LogP contribution in [-0.2, 0) is 11.3 Å². The number of amides is 2. The van der Waals surface area contributed by atoms with Gasteiger partial charge in [-0.3, -0.25) is 19.9 Å². The molecule has 0 saturated carbocycles. The van der Waals surface area contributed by atoms with Crippen LogP contribution in [0.5, 0.6) is 0 Å². The van der Waals surface area contributed by atoms with Gasteiger partial charge in [0.25, 0.3) is 5.89 Å². The molecule has 13 nitrogen and oxygen atoms in total. The number of nitrogens with one attached hydrogen (secondary N) is 3. The summed E-state index contributed by atoms with van der Waals surface area (Å²) in [4.78, 5) is 34.6. The number of hydrogen-bond acceptors (Lipinski definition) is 9. The van der Waals surface area contributed by atoms with Crippen molar-refractivity contribution in [3.05, 3.63) is 53.7 Å². The zero-order valence-electron chi connectivity index (χ0n) is 20.3. The van der Waals surface area contributed by atoms with Crippen LogP contribution in [0.15, 0.2) is 52.3 Å². The second-order valence-corrected chi connectivity index (χ2v) is 8.43. The average Bonchev–Trinajstić information content (AvgIpc) is 3.57. The SMILES string of the molecule is CCNC(=O)Nc1cc(-c2cnn(CCN3CCOCC3)c2)c(-c2cncc(-c3n[nH]c(=O)o3)c2)cn1. The molecule has 1 aliphatic heterocycles. The van der Waals surface area contributed by atoms with Crippen molar-refractivity contribution < 1.29 is 13.9 Å². The Hall–Kier alpha value is -4.36. The molecule has 1 saturated heterocycles. The third kappa shape index (κ3) is 5.90. The van der Waals surface area contributed by atoms with Crippen molar-refractivity contribution in [3.8, 4) is 33.7 Å². The molecule has 4 aromatic rings. The Bertz CT molecular complexity index is 1420. The van der Waals surface area contributed by atoms with E-state index in [2.05, 4.69) is 40.8 Å². The first kappa shape index (κ1) is 24.3. The van der Waals surface area contributed by atoms with Gasteiger partial charge in [-0.15, -0.1) is 5.10 Å². The van der Waals surface area contributed by atoms with E-state index >= 15 is 0 Å². The van der Waals surface area contributed by atoms with Crippen LogP contribution in [0.4, 0.5) is 10.6 Å². The Morgan fingerprint density at radius 1 is 1.05 bits per heavy atom. The number of rotatable bonds is 8. The second-order valence-electron chi connectivity index (χ2n) is 8.43. The number of urea groups is 1.